The van der Waals surface area contributed by atoms with E-state index in [1.54, 1.807) is 0 Å². The molecule has 72 valence electrons. The second-order valence-electron chi connectivity index (χ2n) is 3.57. The molecule has 0 aromatic heterocycles. The van der Waals surface area contributed by atoms with Crippen molar-refractivity contribution in [2.24, 2.45) is 0 Å². The van der Waals surface area contributed by atoms with Crippen molar-refractivity contribution in [2.45, 2.75) is 19.3 Å². The molecule has 14 heavy (non-hydrogen) atoms. The van der Waals surface area contributed by atoms with Gasteiger partial charge in [-0.3, -0.25) is 0 Å². The number of rotatable bonds is 2. The number of nitriles is 1. The van der Waals surface area contributed by atoms with Crippen LogP contribution in [-0.4, -0.2) is 4.20 Å². The van der Waals surface area contributed by atoms with E-state index in [1.165, 1.54) is 0 Å². The molecule has 1 aromatic rings. The van der Waals surface area contributed by atoms with Gasteiger partial charge in [0.1, 0.15) is 0 Å². The highest BCUT2D eigenvalue weighted by Gasteiger charge is 2.21. The largest absolute Gasteiger partial charge is 0.428 e. The van der Waals surface area contributed by atoms with E-state index in [4.69, 9.17) is 30.1 Å². The fourth-order valence-electron chi connectivity index (χ4n) is 1.27. The quantitative estimate of drug-likeness (QED) is 0.565. The van der Waals surface area contributed by atoms with Gasteiger partial charge in [0.2, 0.25) is 0 Å². The van der Waals surface area contributed by atoms with Gasteiger partial charge in [0.25, 0.3) is 0 Å². The molecule has 0 saturated carbocycles. The molecule has 0 unspecified atom stereocenters. The minimum Gasteiger partial charge on any atom is -0.428 e. The molecule has 1 aromatic carbocycles. The summed E-state index contributed by atoms with van der Waals surface area (Å²) < 4.78 is 0.420. The van der Waals surface area contributed by atoms with Gasteiger partial charge in [0, 0.05) is 0 Å². The van der Waals surface area contributed by atoms with E-state index < -0.39 is 5.41 Å². The molecule has 1 rings (SSSR count). The third-order valence-corrected chi connectivity index (χ3v) is 2.54. The Bertz CT molecular complexity index is 402. The average Bonchev–Trinajstić information content (AvgIpc) is 2.18. The zero-order valence-corrected chi connectivity index (χ0v) is 9.71. The third kappa shape index (κ3) is 2.09. The molecule has 0 fully saturated rings. The van der Waals surface area contributed by atoms with Gasteiger partial charge < -0.3 is 24.8 Å². The Labute approximate surface area is 95.2 Å². The molecule has 1 nitrogen and oxygen atoms in total. The van der Waals surface area contributed by atoms with Gasteiger partial charge in [0.15, 0.2) is 0 Å². The predicted molar refractivity (Wildman–Crippen MR) is 64.1 cm³/mol. The molecular weight excluding hydrogens is 210 g/mol. The van der Waals surface area contributed by atoms with Crippen molar-refractivity contribution in [2.75, 3.05) is 0 Å². The normalized spacial score (nSPS) is 10.6. The Kier molecular flexibility index (Phi) is 3.20. The highest BCUT2D eigenvalue weighted by Crippen LogP contribution is 2.25. The maximum absolute atomic E-state index is 9.03. The maximum atomic E-state index is 9.03. The molecule has 0 aliphatic carbocycles. The molecule has 0 spiro atoms. The first-order chi connectivity index (χ1) is 6.49. The maximum Gasteiger partial charge on any atom is 0.0771 e. The molecular formula is C11H10NS2-. The summed E-state index contributed by atoms with van der Waals surface area (Å²) in [4.78, 5) is 0. The summed E-state index contributed by atoms with van der Waals surface area (Å²) in [7, 11) is 0. The van der Waals surface area contributed by atoms with Crippen LogP contribution in [0.5, 0.6) is 0 Å². The van der Waals surface area contributed by atoms with Crippen LogP contribution < -0.4 is 0 Å². The highest BCUT2D eigenvalue weighted by atomic mass is 32.1. The van der Waals surface area contributed by atoms with Gasteiger partial charge in [-0.1, -0.05) is 24.3 Å². The molecule has 0 bridgehead atoms. The zero-order chi connectivity index (χ0) is 10.8. The molecule has 0 amide bonds. The standard InChI is InChI=1S/C11H11NS2/c1-11(2,7-12)9-6-4-3-5-8(9)10(13)14/h3-6H,1-2H3,(H,13,14)/p-1. The van der Waals surface area contributed by atoms with Crippen LogP contribution in [-0.2, 0) is 18.0 Å². The second kappa shape index (κ2) is 4.04. The smallest absolute Gasteiger partial charge is 0.0771 e. The van der Waals surface area contributed by atoms with Gasteiger partial charge in [-0.05, 0) is 25.0 Å². The lowest BCUT2D eigenvalue weighted by atomic mass is 9.83. The number of hydrogen-bond donors (Lipinski definition) is 0. The van der Waals surface area contributed by atoms with Crippen LogP contribution in [0.2, 0.25) is 0 Å². The van der Waals surface area contributed by atoms with E-state index >= 15 is 0 Å². The van der Waals surface area contributed by atoms with E-state index in [-0.39, 0.29) is 0 Å². The summed E-state index contributed by atoms with van der Waals surface area (Å²) >= 11 is 9.94. The minimum atomic E-state index is -0.542. The van der Waals surface area contributed by atoms with Gasteiger partial charge in [0.05, 0.1) is 11.5 Å². The third-order valence-electron chi connectivity index (χ3n) is 2.10. The fraction of sp³-hybridized carbons (Fsp3) is 0.273. The van der Waals surface area contributed by atoms with Gasteiger partial charge in [-0.25, -0.2) is 0 Å². The summed E-state index contributed by atoms with van der Waals surface area (Å²) in [5, 5.41) is 9.03. The van der Waals surface area contributed by atoms with Crippen LogP contribution in [0, 0.1) is 11.3 Å². The van der Waals surface area contributed by atoms with Crippen molar-refractivity contribution in [1.82, 2.24) is 0 Å². The Morgan fingerprint density at radius 2 is 2.00 bits per heavy atom. The minimum absolute atomic E-state index is 0.420. The van der Waals surface area contributed by atoms with Crippen molar-refractivity contribution in [3.05, 3.63) is 35.4 Å². The lowest BCUT2D eigenvalue weighted by molar-refractivity contribution is 0.686. The molecule has 3 heteroatoms. The first-order valence-corrected chi connectivity index (χ1v) is 5.03. The topological polar surface area (TPSA) is 23.8 Å². The number of hydrogen-bond acceptors (Lipinski definition) is 3. The molecule has 0 saturated heterocycles. The highest BCUT2D eigenvalue weighted by molar-refractivity contribution is 8.01. The monoisotopic (exact) mass is 220 g/mol. The number of thiocarbonyl (C=S) groups is 1. The van der Waals surface area contributed by atoms with Crippen molar-refractivity contribution in [1.29, 1.82) is 5.26 Å². The molecule has 0 radical (unpaired) electrons. The lowest BCUT2D eigenvalue weighted by Crippen LogP contribution is -2.17. The van der Waals surface area contributed by atoms with Crippen LogP contribution in [0.15, 0.2) is 24.3 Å². The average molecular weight is 220 g/mol. The molecule has 0 atom stereocenters. The molecule has 0 aliphatic rings. The Balaban J connectivity index is 3.36. The van der Waals surface area contributed by atoms with E-state index in [2.05, 4.69) is 6.07 Å². The van der Waals surface area contributed by atoms with E-state index in [1.807, 2.05) is 38.1 Å². The van der Waals surface area contributed by atoms with Gasteiger partial charge >= 0.3 is 0 Å². The van der Waals surface area contributed by atoms with E-state index in [0.29, 0.717) is 4.20 Å². The van der Waals surface area contributed by atoms with Crippen molar-refractivity contribution in [3.8, 4) is 6.07 Å². The Morgan fingerprint density at radius 3 is 2.50 bits per heavy atom. The summed E-state index contributed by atoms with van der Waals surface area (Å²) in [6, 6.07) is 9.79. The second-order valence-corrected chi connectivity index (χ2v) is 4.64. The van der Waals surface area contributed by atoms with Crippen LogP contribution in [0.3, 0.4) is 0 Å². The SMILES string of the molecule is CC(C)(C#N)c1ccccc1C(=S)[S-]. The Morgan fingerprint density at radius 1 is 1.43 bits per heavy atom. The van der Waals surface area contributed by atoms with Crippen LogP contribution in [0.1, 0.15) is 25.0 Å². The van der Waals surface area contributed by atoms with Crippen LogP contribution in [0.4, 0.5) is 0 Å². The fourth-order valence-corrected chi connectivity index (χ4v) is 1.62. The predicted octanol–water partition coefficient (Wildman–Crippen LogP) is 2.71. The zero-order valence-electron chi connectivity index (χ0n) is 8.07. The van der Waals surface area contributed by atoms with Crippen LogP contribution in [0.25, 0.3) is 0 Å². The van der Waals surface area contributed by atoms with Crippen molar-refractivity contribution < 1.29 is 0 Å². The first kappa shape index (κ1) is 11.1. The number of nitrogens with zero attached hydrogens (tertiary/aromatic N) is 1. The van der Waals surface area contributed by atoms with Crippen molar-refractivity contribution in [3.63, 3.8) is 0 Å². The molecule has 0 N–H and O–H groups in total. The lowest BCUT2D eigenvalue weighted by Gasteiger charge is -2.21. The summed E-state index contributed by atoms with van der Waals surface area (Å²) in [5.41, 5.74) is 1.19. The molecule has 0 heterocycles. The van der Waals surface area contributed by atoms with Gasteiger partial charge in [-0.15, -0.1) is 4.20 Å². The molecule has 0 aliphatic heterocycles. The van der Waals surface area contributed by atoms with Crippen LogP contribution >= 0.6 is 12.2 Å². The number of benzene rings is 1. The summed E-state index contributed by atoms with van der Waals surface area (Å²) in [5.74, 6) is 0. The summed E-state index contributed by atoms with van der Waals surface area (Å²) in [6.45, 7) is 3.72. The first-order valence-electron chi connectivity index (χ1n) is 4.21. The van der Waals surface area contributed by atoms with E-state index in [0.717, 1.165) is 11.1 Å². The Hall–Kier alpha value is -0.980. The van der Waals surface area contributed by atoms with Gasteiger partial charge in [-0.2, -0.15) is 5.26 Å². The summed E-state index contributed by atoms with van der Waals surface area (Å²) in [6.07, 6.45) is 0. The van der Waals surface area contributed by atoms with E-state index in [9.17, 15) is 0 Å². The van der Waals surface area contributed by atoms with Crippen molar-refractivity contribution >= 4 is 29.0 Å².